The molecular weight excluding hydrogens is 393 g/mol. The summed E-state index contributed by atoms with van der Waals surface area (Å²) in [6, 6.07) is 11.7. The van der Waals surface area contributed by atoms with Gasteiger partial charge in [0.05, 0.1) is 22.6 Å². The first kappa shape index (κ1) is 18.4. The molecule has 6 nitrogen and oxygen atoms in total. The molecule has 1 aliphatic heterocycles. The third-order valence-corrected chi connectivity index (χ3v) is 6.62. The van der Waals surface area contributed by atoms with E-state index in [2.05, 4.69) is 26.3 Å². The Labute approximate surface area is 179 Å². The first-order valence-electron chi connectivity index (χ1n) is 10.7. The van der Waals surface area contributed by atoms with Gasteiger partial charge >= 0.3 is 0 Å². The van der Waals surface area contributed by atoms with E-state index < -0.39 is 5.54 Å². The number of hydrogen-bond donors (Lipinski definition) is 1. The average Bonchev–Trinajstić information content (AvgIpc) is 3.69. The number of nitrogens with one attached hydrogen (secondary N) is 1. The molecule has 3 aromatic rings. The van der Waals surface area contributed by atoms with E-state index in [4.69, 9.17) is 4.98 Å². The first-order chi connectivity index (χ1) is 15.0. The molecule has 3 heterocycles. The van der Waals surface area contributed by atoms with Crippen molar-refractivity contribution in [3.63, 3.8) is 0 Å². The maximum absolute atomic E-state index is 13.2. The summed E-state index contributed by atoms with van der Waals surface area (Å²) in [6.07, 6.45) is 4.64. The molecule has 2 fully saturated rings. The molecule has 2 saturated carbocycles. The Morgan fingerprint density at radius 2 is 1.94 bits per heavy atom. The minimum atomic E-state index is -0.432. The van der Waals surface area contributed by atoms with Crippen LogP contribution in [-0.2, 0) is 5.54 Å². The summed E-state index contributed by atoms with van der Waals surface area (Å²) in [4.78, 5) is 28.9. The summed E-state index contributed by atoms with van der Waals surface area (Å²) in [5.74, 6) is 2.18. The van der Waals surface area contributed by atoms with Gasteiger partial charge in [-0.1, -0.05) is 0 Å². The van der Waals surface area contributed by atoms with Crippen molar-refractivity contribution in [2.75, 3.05) is 11.4 Å². The van der Waals surface area contributed by atoms with Crippen LogP contribution in [0.15, 0.2) is 48.7 Å². The predicted octanol–water partition coefficient (Wildman–Crippen LogP) is 3.99. The van der Waals surface area contributed by atoms with E-state index in [1.54, 1.807) is 6.20 Å². The number of amides is 1. The molecule has 0 spiro atoms. The molecule has 3 aliphatic rings. The average molecular weight is 415 g/mol. The van der Waals surface area contributed by atoms with Gasteiger partial charge < -0.3 is 10.2 Å². The monoisotopic (exact) mass is 415 g/mol. The van der Waals surface area contributed by atoms with Gasteiger partial charge in [0.1, 0.15) is 17.5 Å². The van der Waals surface area contributed by atoms with Crippen molar-refractivity contribution >= 4 is 17.4 Å². The van der Waals surface area contributed by atoms with Crippen LogP contribution in [0.2, 0.25) is 0 Å². The molecule has 156 valence electrons. The zero-order valence-electron chi connectivity index (χ0n) is 17.2. The summed E-state index contributed by atoms with van der Waals surface area (Å²) in [5.41, 5.74) is 3.14. The predicted molar refractivity (Wildman–Crippen MR) is 114 cm³/mol. The maximum Gasteiger partial charge on any atom is 0.252 e. The van der Waals surface area contributed by atoms with Crippen LogP contribution in [0.3, 0.4) is 0 Å². The fraction of sp³-hybridized carbons (Fsp3) is 0.333. The van der Waals surface area contributed by atoms with Crippen LogP contribution in [0.5, 0.6) is 0 Å². The number of carbonyl (C=O) groups is 1. The summed E-state index contributed by atoms with van der Waals surface area (Å²) in [5, 5.41) is 3.15. The second kappa shape index (κ2) is 6.57. The van der Waals surface area contributed by atoms with E-state index in [0.717, 1.165) is 54.5 Å². The van der Waals surface area contributed by atoms with Crippen molar-refractivity contribution in [3.8, 4) is 0 Å². The van der Waals surface area contributed by atoms with Gasteiger partial charge in [-0.3, -0.25) is 9.78 Å². The topological polar surface area (TPSA) is 71.0 Å². The van der Waals surface area contributed by atoms with E-state index in [0.29, 0.717) is 17.4 Å². The minimum absolute atomic E-state index is 0.195. The normalized spacial score (nSPS) is 22.3. The maximum atomic E-state index is 13.2. The Bertz CT molecular complexity index is 1190. The standard InChI is InChI=1S/C24H22FN5O/c1-14-26-11-8-21(27-14)30-13-16-12-18(16)22-19(30)6-7-20(28-22)24(9-10-24)29-23(31)15-2-4-17(25)5-3-15/h2-8,11,16,18H,9-10,12-13H2,1H3,(H,29,31)/t16-,18-/m1/s1. The second-order valence-corrected chi connectivity index (χ2v) is 8.82. The second-order valence-electron chi connectivity index (χ2n) is 8.82. The lowest BCUT2D eigenvalue weighted by Gasteiger charge is -2.30. The van der Waals surface area contributed by atoms with Crippen LogP contribution in [0.1, 0.15) is 52.8 Å². The molecule has 0 bridgehead atoms. The summed E-state index contributed by atoms with van der Waals surface area (Å²) >= 11 is 0. The number of fused-ring (bicyclic) bond motifs is 3. The molecule has 0 unspecified atom stereocenters. The van der Waals surface area contributed by atoms with Gasteiger partial charge in [-0.05, 0) is 74.6 Å². The highest BCUT2D eigenvalue weighted by Gasteiger charge is 2.50. The van der Waals surface area contributed by atoms with Crippen molar-refractivity contribution in [3.05, 3.63) is 77.3 Å². The molecule has 1 N–H and O–H groups in total. The van der Waals surface area contributed by atoms with Crippen LogP contribution in [0.25, 0.3) is 0 Å². The van der Waals surface area contributed by atoms with Crippen molar-refractivity contribution in [2.24, 2.45) is 5.92 Å². The van der Waals surface area contributed by atoms with Crippen LogP contribution in [-0.4, -0.2) is 27.4 Å². The number of anilines is 2. The van der Waals surface area contributed by atoms with Gasteiger partial charge in [0.2, 0.25) is 0 Å². The highest BCUT2D eigenvalue weighted by molar-refractivity contribution is 5.95. The van der Waals surface area contributed by atoms with Gasteiger partial charge in [-0.2, -0.15) is 0 Å². The molecule has 1 aromatic carbocycles. The van der Waals surface area contributed by atoms with Crippen molar-refractivity contribution in [1.29, 1.82) is 0 Å². The minimum Gasteiger partial charge on any atom is -0.341 e. The number of hydrogen-bond acceptors (Lipinski definition) is 5. The Kier molecular flexibility index (Phi) is 3.91. The largest absolute Gasteiger partial charge is 0.341 e. The van der Waals surface area contributed by atoms with Crippen LogP contribution >= 0.6 is 0 Å². The van der Waals surface area contributed by atoms with Crippen LogP contribution in [0, 0.1) is 18.7 Å². The summed E-state index contributed by atoms with van der Waals surface area (Å²) < 4.78 is 13.2. The number of carbonyl (C=O) groups excluding carboxylic acids is 1. The molecular formula is C24H22FN5O. The Balaban J connectivity index is 1.31. The number of nitrogens with zero attached hydrogens (tertiary/aromatic N) is 4. The van der Waals surface area contributed by atoms with Gasteiger partial charge in [0, 0.05) is 24.2 Å². The van der Waals surface area contributed by atoms with E-state index in [-0.39, 0.29) is 11.7 Å². The van der Waals surface area contributed by atoms with Crippen molar-refractivity contribution in [2.45, 2.75) is 37.6 Å². The molecule has 0 radical (unpaired) electrons. The molecule has 2 aliphatic carbocycles. The SMILES string of the molecule is Cc1nccc(N2C[C@H]3C[C@H]3c3nc(C4(NC(=O)c5ccc(F)cc5)CC4)ccc32)n1. The quantitative estimate of drug-likeness (QED) is 0.698. The molecule has 6 rings (SSSR count). The fourth-order valence-electron chi connectivity index (χ4n) is 4.62. The Hall–Kier alpha value is -3.35. The van der Waals surface area contributed by atoms with E-state index >= 15 is 0 Å². The fourth-order valence-corrected chi connectivity index (χ4v) is 4.62. The highest BCUT2D eigenvalue weighted by atomic mass is 19.1. The Morgan fingerprint density at radius 3 is 2.68 bits per heavy atom. The Morgan fingerprint density at radius 1 is 1.13 bits per heavy atom. The number of halogens is 1. The number of aryl methyl sites for hydroxylation is 1. The van der Waals surface area contributed by atoms with Gasteiger partial charge in [0.15, 0.2) is 0 Å². The molecule has 2 atom stereocenters. The lowest BCUT2D eigenvalue weighted by Crippen LogP contribution is -2.36. The lowest BCUT2D eigenvalue weighted by atomic mass is 10.0. The molecule has 0 saturated heterocycles. The number of rotatable bonds is 4. The van der Waals surface area contributed by atoms with Gasteiger partial charge in [-0.15, -0.1) is 0 Å². The third-order valence-electron chi connectivity index (χ3n) is 6.62. The summed E-state index contributed by atoms with van der Waals surface area (Å²) in [6.45, 7) is 2.85. The zero-order valence-corrected chi connectivity index (χ0v) is 17.2. The van der Waals surface area contributed by atoms with E-state index in [9.17, 15) is 9.18 Å². The lowest BCUT2D eigenvalue weighted by molar-refractivity contribution is 0.0929. The molecule has 2 aromatic heterocycles. The van der Waals surface area contributed by atoms with E-state index in [1.807, 2.05) is 19.1 Å². The smallest absolute Gasteiger partial charge is 0.252 e. The van der Waals surface area contributed by atoms with Gasteiger partial charge in [-0.25, -0.2) is 14.4 Å². The summed E-state index contributed by atoms with van der Waals surface area (Å²) in [7, 11) is 0. The molecule has 1 amide bonds. The number of pyridine rings is 1. The molecule has 7 heteroatoms. The van der Waals surface area contributed by atoms with Crippen LogP contribution in [0.4, 0.5) is 15.9 Å². The van der Waals surface area contributed by atoms with Crippen LogP contribution < -0.4 is 10.2 Å². The zero-order chi connectivity index (χ0) is 21.2. The third kappa shape index (κ3) is 3.15. The van der Waals surface area contributed by atoms with Crippen molar-refractivity contribution in [1.82, 2.24) is 20.3 Å². The number of aromatic nitrogens is 3. The van der Waals surface area contributed by atoms with Gasteiger partial charge in [0.25, 0.3) is 5.91 Å². The van der Waals surface area contributed by atoms with Crippen molar-refractivity contribution < 1.29 is 9.18 Å². The first-order valence-corrected chi connectivity index (χ1v) is 10.7. The highest BCUT2D eigenvalue weighted by Crippen LogP contribution is 2.56. The molecule has 31 heavy (non-hydrogen) atoms. The van der Waals surface area contributed by atoms with E-state index in [1.165, 1.54) is 24.3 Å². The number of benzene rings is 1.